The molecule has 0 bridgehead atoms. The molecule has 0 heterocycles. The first-order chi connectivity index (χ1) is 12.0. The Kier molecular flexibility index (Phi) is 4.91. The first-order valence-electron chi connectivity index (χ1n) is 7.96. The van der Waals surface area contributed by atoms with Crippen LogP contribution in [0.5, 0.6) is 5.75 Å². The molecule has 1 atom stereocenters. The molecule has 7 heteroatoms. The second-order valence-electron chi connectivity index (χ2n) is 7.25. The van der Waals surface area contributed by atoms with Crippen LogP contribution in [0.3, 0.4) is 0 Å². The summed E-state index contributed by atoms with van der Waals surface area (Å²) in [5, 5.41) is 9.23. The highest BCUT2D eigenvalue weighted by atomic mass is 19.1. The summed E-state index contributed by atoms with van der Waals surface area (Å²) in [6.07, 6.45) is 1.60. The smallest absolute Gasteiger partial charge is 0.260 e. The monoisotopic (exact) mass is 362 g/mol. The fourth-order valence-corrected chi connectivity index (χ4v) is 3.34. The predicted octanol–water partition coefficient (Wildman–Crippen LogP) is 3.25. The van der Waals surface area contributed by atoms with Crippen LogP contribution >= 0.6 is 0 Å². The van der Waals surface area contributed by atoms with E-state index in [0.717, 1.165) is 17.0 Å². The summed E-state index contributed by atoms with van der Waals surface area (Å²) in [7, 11) is 2.65. The predicted molar refractivity (Wildman–Crippen MR) is 90.5 cm³/mol. The maximum atomic E-state index is 14.3. The van der Waals surface area contributed by atoms with Gasteiger partial charge in [-0.25, -0.2) is 8.78 Å². The highest BCUT2D eigenvalue weighted by molar-refractivity contribution is 6.04. The zero-order valence-electron chi connectivity index (χ0n) is 15.3. The van der Waals surface area contributed by atoms with Crippen molar-refractivity contribution in [1.29, 1.82) is 5.26 Å². The number of ketones is 1. The lowest BCUT2D eigenvalue weighted by Crippen LogP contribution is -2.53. The zero-order valence-corrected chi connectivity index (χ0v) is 15.3. The van der Waals surface area contributed by atoms with Crippen LogP contribution in [0.2, 0.25) is 0 Å². The number of likely N-dealkylation sites (N-methyl/N-ethyl adjacent to an activating group) is 1. The van der Waals surface area contributed by atoms with E-state index in [9.17, 15) is 23.6 Å². The molecule has 0 radical (unpaired) electrons. The second kappa shape index (κ2) is 6.52. The number of carbonyl (C=O) groups excluding carboxylic acids is 2. The van der Waals surface area contributed by atoms with Gasteiger partial charge in [0.05, 0.1) is 18.2 Å². The number of amides is 1. The molecular formula is C19H20F2N2O3. The number of carbonyl (C=O) groups is 2. The molecule has 1 aromatic rings. The molecule has 0 aromatic heterocycles. The molecule has 26 heavy (non-hydrogen) atoms. The van der Waals surface area contributed by atoms with Crippen molar-refractivity contribution >= 4 is 11.7 Å². The molecule has 0 unspecified atom stereocenters. The number of nitriles is 1. The number of benzene rings is 1. The fourth-order valence-electron chi connectivity index (χ4n) is 3.34. The molecule has 1 amide bonds. The van der Waals surface area contributed by atoms with Gasteiger partial charge in [0.2, 0.25) is 0 Å². The number of hydrogen-bond acceptors (Lipinski definition) is 4. The van der Waals surface area contributed by atoms with E-state index >= 15 is 0 Å². The first kappa shape index (κ1) is 19.6. The minimum absolute atomic E-state index is 0.0403. The maximum Gasteiger partial charge on any atom is 0.260 e. The third kappa shape index (κ3) is 3.19. The summed E-state index contributed by atoms with van der Waals surface area (Å²) >= 11 is 0. The van der Waals surface area contributed by atoms with Crippen LogP contribution in [0.4, 0.5) is 8.78 Å². The number of Topliss-reactive ketones (excluding diaryl/α,β-unsaturated/α-hetero) is 1. The molecule has 2 rings (SSSR count). The maximum absolute atomic E-state index is 14.3. The summed E-state index contributed by atoms with van der Waals surface area (Å²) < 4.78 is 33.3. The number of ether oxygens (including phenoxy) is 1. The van der Waals surface area contributed by atoms with E-state index in [1.807, 2.05) is 6.07 Å². The van der Waals surface area contributed by atoms with Crippen molar-refractivity contribution in [2.24, 2.45) is 5.41 Å². The van der Waals surface area contributed by atoms with Crippen LogP contribution in [0.15, 0.2) is 23.8 Å². The molecule has 5 nitrogen and oxygen atoms in total. The Labute approximate surface area is 150 Å². The average Bonchev–Trinajstić information content (AvgIpc) is 2.56. The van der Waals surface area contributed by atoms with Crippen molar-refractivity contribution in [3.05, 3.63) is 41.0 Å². The molecule has 0 aliphatic heterocycles. The molecular weight excluding hydrogens is 342 g/mol. The van der Waals surface area contributed by atoms with Gasteiger partial charge in [-0.15, -0.1) is 0 Å². The van der Waals surface area contributed by atoms with Crippen molar-refractivity contribution in [3.63, 3.8) is 0 Å². The topological polar surface area (TPSA) is 70.4 Å². The van der Waals surface area contributed by atoms with Crippen LogP contribution in [0.1, 0.15) is 37.6 Å². The van der Waals surface area contributed by atoms with Crippen molar-refractivity contribution in [2.75, 3.05) is 14.2 Å². The van der Waals surface area contributed by atoms with Gasteiger partial charge >= 0.3 is 0 Å². The van der Waals surface area contributed by atoms with Crippen LogP contribution in [-0.2, 0) is 4.79 Å². The summed E-state index contributed by atoms with van der Waals surface area (Å²) in [5.74, 6) is -3.33. The molecule has 0 fully saturated rings. The Morgan fingerprint density at radius 1 is 1.27 bits per heavy atom. The fraction of sp³-hybridized carbons (Fsp3) is 0.421. The Balaban J connectivity index is 2.50. The van der Waals surface area contributed by atoms with E-state index in [1.54, 1.807) is 20.8 Å². The van der Waals surface area contributed by atoms with E-state index in [4.69, 9.17) is 4.74 Å². The Hall–Kier alpha value is -2.75. The Morgan fingerprint density at radius 3 is 2.27 bits per heavy atom. The van der Waals surface area contributed by atoms with Gasteiger partial charge in [-0.05, 0) is 19.4 Å². The number of halogens is 2. The van der Waals surface area contributed by atoms with E-state index in [1.165, 1.54) is 20.2 Å². The highest BCUT2D eigenvalue weighted by Crippen LogP contribution is 2.40. The van der Waals surface area contributed by atoms with E-state index in [2.05, 4.69) is 0 Å². The third-order valence-electron chi connectivity index (χ3n) is 4.77. The first-order valence-corrected chi connectivity index (χ1v) is 7.96. The van der Waals surface area contributed by atoms with Crippen molar-refractivity contribution in [1.82, 2.24) is 4.90 Å². The van der Waals surface area contributed by atoms with Crippen LogP contribution in [0, 0.1) is 28.4 Å². The molecule has 1 aliphatic carbocycles. The number of rotatable bonds is 3. The highest BCUT2D eigenvalue weighted by Gasteiger charge is 2.46. The van der Waals surface area contributed by atoms with Gasteiger partial charge in [-0.3, -0.25) is 9.59 Å². The Bertz CT molecular complexity index is 832. The number of nitrogens with zero attached hydrogens (tertiary/aromatic N) is 2. The molecule has 1 aromatic carbocycles. The largest absolute Gasteiger partial charge is 0.497 e. The lowest BCUT2D eigenvalue weighted by atomic mass is 9.68. The minimum atomic E-state index is -1.06. The van der Waals surface area contributed by atoms with Gasteiger partial charge in [0.25, 0.3) is 5.91 Å². The van der Waals surface area contributed by atoms with Gasteiger partial charge in [0.1, 0.15) is 29.0 Å². The standard InChI is InChI=1S/C19H20F2N2O3/c1-18(2)10-19(3,8-11(9-22)16(18)24)23(4)17(25)15-13(20)6-12(26-5)7-14(15)21/h6-8H,10H2,1-5H3/t19-/m1/s1. The second-order valence-corrected chi connectivity index (χ2v) is 7.25. The normalized spacial score (nSPS) is 21.6. The molecule has 0 saturated heterocycles. The SMILES string of the molecule is COc1cc(F)c(C(=O)N(C)[C@]2(C)C=C(C#N)C(=O)C(C)(C)C2)c(F)c1. The summed E-state index contributed by atoms with van der Waals surface area (Å²) in [6.45, 7) is 4.99. The van der Waals surface area contributed by atoms with Crippen LogP contribution < -0.4 is 4.74 Å². The number of hydrogen-bond donors (Lipinski definition) is 0. The van der Waals surface area contributed by atoms with Crippen LogP contribution in [-0.4, -0.2) is 36.3 Å². The number of methoxy groups -OCH3 is 1. The van der Waals surface area contributed by atoms with E-state index in [-0.39, 0.29) is 23.5 Å². The third-order valence-corrected chi connectivity index (χ3v) is 4.77. The van der Waals surface area contributed by atoms with Crippen molar-refractivity contribution < 1.29 is 23.1 Å². The zero-order chi connectivity index (χ0) is 19.9. The molecule has 0 saturated carbocycles. The molecule has 138 valence electrons. The lowest BCUT2D eigenvalue weighted by molar-refractivity contribution is -0.125. The summed E-state index contributed by atoms with van der Waals surface area (Å²) in [4.78, 5) is 26.2. The Morgan fingerprint density at radius 2 is 1.81 bits per heavy atom. The summed E-state index contributed by atoms with van der Waals surface area (Å²) in [5.41, 5.74) is -2.73. The van der Waals surface area contributed by atoms with Gasteiger partial charge in [0.15, 0.2) is 5.78 Å². The molecule has 0 N–H and O–H groups in total. The average molecular weight is 362 g/mol. The van der Waals surface area contributed by atoms with Crippen molar-refractivity contribution in [3.8, 4) is 11.8 Å². The number of allylic oxidation sites excluding steroid dienone is 1. The quantitative estimate of drug-likeness (QED) is 0.828. The van der Waals surface area contributed by atoms with E-state index in [0.29, 0.717) is 0 Å². The van der Waals surface area contributed by atoms with Crippen LogP contribution in [0.25, 0.3) is 0 Å². The minimum Gasteiger partial charge on any atom is -0.497 e. The van der Waals surface area contributed by atoms with E-state index < -0.39 is 34.1 Å². The van der Waals surface area contributed by atoms with Gasteiger partial charge < -0.3 is 9.64 Å². The molecule has 1 aliphatic rings. The van der Waals surface area contributed by atoms with Gasteiger partial charge in [-0.2, -0.15) is 5.26 Å². The lowest BCUT2D eigenvalue weighted by Gasteiger charge is -2.44. The van der Waals surface area contributed by atoms with Gasteiger partial charge in [-0.1, -0.05) is 13.8 Å². The summed E-state index contributed by atoms with van der Waals surface area (Å²) in [6, 6.07) is 3.70. The van der Waals surface area contributed by atoms with Gasteiger partial charge in [0, 0.05) is 24.6 Å². The molecule has 0 spiro atoms. The van der Waals surface area contributed by atoms with Crippen molar-refractivity contribution in [2.45, 2.75) is 32.7 Å².